The summed E-state index contributed by atoms with van der Waals surface area (Å²) in [5.74, 6) is -0.361. The van der Waals surface area contributed by atoms with Gasteiger partial charge in [-0.1, -0.05) is 6.07 Å². The molecule has 1 fully saturated rings. The SMILES string of the molecule is Cc1c(CNC(=O)OC(C)(C)C)ccc(-c2ncnn3cc(N4CCN(C)C(C)C4)cc23)c1F. The second-order valence-electron chi connectivity index (χ2n) is 9.98. The normalized spacial score (nSPS) is 17.3. The van der Waals surface area contributed by atoms with E-state index in [4.69, 9.17) is 4.74 Å². The van der Waals surface area contributed by atoms with Gasteiger partial charge in [0.15, 0.2) is 0 Å². The maximum Gasteiger partial charge on any atom is 0.407 e. The van der Waals surface area contributed by atoms with Crippen LogP contribution in [0.1, 0.15) is 38.8 Å². The van der Waals surface area contributed by atoms with Crippen LogP contribution in [0.3, 0.4) is 0 Å². The first-order valence-electron chi connectivity index (χ1n) is 11.6. The third-order valence-corrected chi connectivity index (χ3v) is 6.29. The molecule has 0 radical (unpaired) electrons. The van der Waals surface area contributed by atoms with Gasteiger partial charge in [0.1, 0.15) is 23.4 Å². The Labute approximate surface area is 199 Å². The predicted octanol–water partition coefficient (Wildman–Crippen LogP) is 4.01. The molecule has 9 heteroatoms. The molecular formula is C25H33FN6O2. The smallest absolute Gasteiger partial charge is 0.407 e. The van der Waals surface area contributed by atoms with Gasteiger partial charge in [-0.3, -0.25) is 0 Å². The molecule has 1 aliphatic heterocycles. The second kappa shape index (κ2) is 9.21. The van der Waals surface area contributed by atoms with E-state index in [9.17, 15) is 4.79 Å². The number of halogens is 1. The van der Waals surface area contributed by atoms with Crippen molar-refractivity contribution in [2.75, 3.05) is 31.6 Å². The molecule has 2 aromatic heterocycles. The Morgan fingerprint density at radius 3 is 2.76 bits per heavy atom. The Balaban J connectivity index is 1.60. The molecule has 1 aromatic carbocycles. The van der Waals surface area contributed by atoms with Crippen molar-refractivity contribution in [2.45, 2.75) is 52.8 Å². The first kappa shape index (κ1) is 23.9. The third kappa shape index (κ3) is 4.99. The van der Waals surface area contributed by atoms with Gasteiger partial charge in [0.2, 0.25) is 0 Å². The van der Waals surface area contributed by atoms with E-state index in [1.54, 1.807) is 38.3 Å². The highest BCUT2D eigenvalue weighted by molar-refractivity contribution is 5.80. The van der Waals surface area contributed by atoms with E-state index in [2.05, 4.69) is 39.2 Å². The summed E-state index contributed by atoms with van der Waals surface area (Å²) in [6.45, 7) is 12.3. The summed E-state index contributed by atoms with van der Waals surface area (Å²) in [5, 5.41) is 7.04. The Kier molecular flexibility index (Phi) is 6.49. The molecule has 8 nitrogen and oxygen atoms in total. The average Bonchev–Trinajstić information content (AvgIpc) is 3.20. The topological polar surface area (TPSA) is 75.0 Å². The van der Waals surface area contributed by atoms with Crippen molar-refractivity contribution in [3.63, 3.8) is 0 Å². The molecule has 182 valence electrons. The van der Waals surface area contributed by atoms with Crippen molar-refractivity contribution in [1.82, 2.24) is 24.8 Å². The summed E-state index contributed by atoms with van der Waals surface area (Å²) >= 11 is 0. The Morgan fingerprint density at radius 2 is 2.06 bits per heavy atom. The lowest BCUT2D eigenvalue weighted by Crippen LogP contribution is -2.50. The van der Waals surface area contributed by atoms with Crippen LogP contribution in [0.2, 0.25) is 0 Å². The largest absolute Gasteiger partial charge is 0.444 e. The number of fused-ring (bicyclic) bond motifs is 1. The second-order valence-corrected chi connectivity index (χ2v) is 9.98. The first-order chi connectivity index (χ1) is 16.0. The van der Waals surface area contributed by atoms with E-state index in [1.165, 1.54) is 6.33 Å². The molecule has 1 aliphatic rings. The van der Waals surface area contributed by atoms with Crippen molar-refractivity contribution in [2.24, 2.45) is 0 Å². The van der Waals surface area contributed by atoms with Crippen molar-refractivity contribution in [3.8, 4) is 11.3 Å². The van der Waals surface area contributed by atoms with E-state index >= 15 is 4.39 Å². The molecule has 34 heavy (non-hydrogen) atoms. The van der Waals surface area contributed by atoms with Crippen molar-refractivity contribution < 1.29 is 13.9 Å². The third-order valence-electron chi connectivity index (χ3n) is 6.29. The number of rotatable bonds is 4. The molecule has 3 heterocycles. The number of anilines is 1. The molecule has 1 unspecified atom stereocenters. The number of amides is 1. The fraction of sp³-hybridized carbons (Fsp3) is 0.480. The minimum Gasteiger partial charge on any atom is -0.444 e. The minimum absolute atomic E-state index is 0.175. The number of hydrogen-bond donors (Lipinski definition) is 1. The van der Waals surface area contributed by atoms with Crippen LogP contribution in [-0.4, -0.2) is 63.9 Å². The molecule has 3 aromatic rings. The Hall–Kier alpha value is -3.20. The highest BCUT2D eigenvalue weighted by Crippen LogP contribution is 2.31. The first-order valence-corrected chi connectivity index (χ1v) is 11.6. The van der Waals surface area contributed by atoms with Gasteiger partial charge in [-0.15, -0.1) is 0 Å². The van der Waals surface area contributed by atoms with Crippen molar-refractivity contribution >= 4 is 17.3 Å². The van der Waals surface area contributed by atoms with E-state index in [1.807, 2.05) is 18.3 Å². The van der Waals surface area contributed by atoms with Crippen LogP contribution in [0.5, 0.6) is 0 Å². The highest BCUT2D eigenvalue weighted by Gasteiger charge is 2.23. The maximum absolute atomic E-state index is 15.5. The lowest BCUT2D eigenvalue weighted by atomic mass is 10.0. The van der Waals surface area contributed by atoms with Gasteiger partial charge in [0.25, 0.3) is 0 Å². The maximum atomic E-state index is 15.5. The Bertz CT molecular complexity index is 1200. The lowest BCUT2D eigenvalue weighted by molar-refractivity contribution is 0.0523. The van der Waals surface area contributed by atoms with Gasteiger partial charge >= 0.3 is 6.09 Å². The molecule has 1 amide bonds. The fourth-order valence-corrected chi connectivity index (χ4v) is 4.16. The van der Waals surface area contributed by atoms with Gasteiger partial charge in [-0.25, -0.2) is 18.7 Å². The van der Waals surface area contributed by atoms with Gasteiger partial charge in [-0.05, 0) is 64.9 Å². The van der Waals surface area contributed by atoms with Gasteiger partial charge in [0, 0.05) is 37.8 Å². The molecule has 0 bridgehead atoms. The zero-order valence-corrected chi connectivity index (χ0v) is 20.7. The molecule has 0 saturated carbocycles. The number of nitrogens with one attached hydrogen (secondary N) is 1. The minimum atomic E-state index is -0.592. The molecule has 1 N–H and O–H groups in total. The standard InChI is InChI=1S/C25H33FN6O2/c1-16-13-31(10-9-30(16)6)19-11-21-23(28-15-29-32(21)14-19)20-8-7-18(17(2)22(20)26)12-27-24(33)34-25(3,4)5/h7-8,11,14-16H,9-10,12-13H2,1-6H3,(H,27,33). The average molecular weight is 469 g/mol. The van der Waals surface area contributed by atoms with Gasteiger partial charge in [-0.2, -0.15) is 5.10 Å². The zero-order chi connectivity index (χ0) is 24.6. The number of alkyl carbamates (subject to hydrolysis) is 1. The number of carbonyl (C=O) groups is 1. The van der Waals surface area contributed by atoms with Crippen molar-refractivity contribution in [3.05, 3.63) is 47.7 Å². The van der Waals surface area contributed by atoms with Crippen LogP contribution >= 0.6 is 0 Å². The van der Waals surface area contributed by atoms with Gasteiger partial charge < -0.3 is 19.9 Å². The van der Waals surface area contributed by atoms with E-state index in [0.29, 0.717) is 28.4 Å². The number of likely N-dealkylation sites (N-methyl/N-ethyl adjacent to an activating group) is 1. The number of benzene rings is 1. The van der Waals surface area contributed by atoms with Crippen molar-refractivity contribution in [1.29, 1.82) is 0 Å². The van der Waals surface area contributed by atoms with E-state index in [-0.39, 0.29) is 12.4 Å². The van der Waals surface area contributed by atoms with Crippen LogP contribution in [0.25, 0.3) is 16.8 Å². The van der Waals surface area contributed by atoms with Crippen LogP contribution in [0, 0.1) is 12.7 Å². The number of hydrogen-bond acceptors (Lipinski definition) is 6. The van der Waals surface area contributed by atoms with Crippen LogP contribution in [0.4, 0.5) is 14.9 Å². The fourth-order valence-electron chi connectivity index (χ4n) is 4.16. The molecule has 1 atom stereocenters. The summed E-state index contributed by atoms with van der Waals surface area (Å²) < 4.78 is 22.5. The molecule has 0 aliphatic carbocycles. The summed E-state index contributed by atoms with van der Waals surface area (Å²) in [4.78, 5) is 21.1. The van der Waals surface area contributed by atoms with Gasteiger partial charge in [0.05, 0.1) is 17.4 Å². The summed E-state index contributed by atoms with van der Waals surface area (Å²) in [6.07, 6.45) is 2.89. The molecule has 1 saturated heterocycles. The Morgan fingerprint density at radius 1 is 1.29 bits per heavy atom. The predicted molar refractivity (Wildman–Crippen MR) is 130 cm³/mol. The quantitative estimate of drug-likeness (QED) is 0.624. The summed E-state index contributed by atoms with van der Waals surface area (Å²) in [7, 11) is 2.14. The van der Waals surface area contributed by atoms with E-state index in [0.717, 1.165) is 30.8 Å². The lowest BCUT2D eigenvalue weighted by Gasteiger charge is -2.38. The molecule has 4 rings (SSSR count). The zero-order valence-electron chi connectivity index (χ0n) is 20.7. The highest BCUT2D eigenvalue weighted by atomic mass is 19.1. The monoisotopic (exact) mass is 468 g/mol. The number of nitrogens with zero attached hydrogens (tertiary/aromatic N) is 5. The number of carbonyl (C=O) groups excluding carboxylic acids is 1. The number of aromatic nitrogens is 3. The van der Waals surface area contributed by atoms with Crippen LogP contribution in [0.15, 0.2) is 30.7 Å². The van der Waals surface area contributed by atoms with Crippen LogP contribution < -0.4 is 10.2 Å². The van der Waals surface area contributed by atoms with Crippen LogP contribution in [-0.2, 0) is 11.3 Å². The summed E-state index contributed by atoms with van der Waals surface area (Å²) in [6, 6.07) is 6.00. The van der Waals surface area contributed by atoms with E-state index < -0.39 is 11.7 Å². The number of piperazine rings is 1. The number of ether oxygens (including phenoxy) is 1. The molecule has 0 spiro atoms. The summed E-state index contributed by atoms with van der Waals surface area (Å²) in [5.41, 5.74) is 3.30. The molecular weight excluding hydrogens is 435 g/mol.